The van der Waals surface area contributed by atoms with Crippen LogP contribution in [0.2, 0.25) is 0 Å². The Morgan fingerprint density at radius 2 is 1.90 bits per heavy atom. The third-order valence-corrected chi connectivity index (χ3v) is 4.17. The third-order valence-electron chi connectivity index (χ3n) is 4.17. The van der Waals surface area contributed by atoms with Crippen molar-refractivity contribution >= 4 is 0 Å². The molecule has 5 nitrogen and oxygen atoms in total. The maximum absolute atomic E-state index is 5.84. The lowest BCUT2D eigenvalue weighted by Crippen LogP contribution is -2.34. The maximum atomic E-state index is 5.84. The molecule has 1 saturated carbocycles. The van der Waals surface area contributed by atoms with Crippen LogP contribution in [0.1, 0.15) is 43.5 Å². The van der Waals surface area contributed by atoms with Gasteiger partial charge in [-0.25, -0.2) is 4.68 Å². The molecule has 1 aliphatic rings. The summed E-state index contributed by atoms with van der Waals surface area (Å²) in [5.74, 6) is 0.864. The van der Waals surface area contributed by atoms with Crippen molar-refractivity contribution in [3.05, 3.63) is 41.7 Å². The quantitative estimate of drug-likeness (QED) is 0.858. The van der Waals surface area contributed by atoms with Crippen LogP contribution in [0.25, 0.3) is 0 Å². The number of hydrogen-bond acceptors (Lipinski definition) is 4. The van der Waals surface area contributed by atoms with Crippen molar-refractivity contribution in [1.29, 1.82) is 0 Å². The van der Waals surface area contributed by atoms with Crippen molar-refractivity contribution in [2.75, 3.05) is 7.11 Å². The van der Waals surface area contributed by atoms with Gasteiger partial charge in [-0.2, -0.15) is 0 Å². The van der Waals surface area contributed by atoms with Gasteiger partial charge >= 0.3 is 0 Å². The van der Waals surface area contributed by atoms with E-state index in [1.54, 1.807) is 7.11 Å². The molecule has 106 valence electrons. The first-order chi connectivity index (χ1) is 9.84. The third kappa shape index (κ3) is 2.45. The van der Waals surface area contributed by atoms with E-state index < -0.39 is 0 Å². The van der Waals surface area contributed by atoms with Crippen LogP contribution >= 0.6 is 0 Å². The smallest absolute Gasteiger partial charge is 0.183 e. The van der Waals surface area contributed by atoms with Crippen molar-refractivity contribution < 1.29 is 4.74 Å². The molecular formula is C15H20N4O. The van der Waals surface area contributed by atoms with E-state index >= 15 is 0 Å². The van der Waals surface area contributed by atoms with Gasteiger partial charge in [-0.1, -0.05) is 49.6 Å². The summed E-state index contributed by atoms with van der Waals surface area (Å²) in [5, 5.41) is 12.3. The Kier molecular flexibility index (Phi) is 3.78. The number of aromatic nitrogens is 4. The molecule has 0 atom stereocenters. The van der Waals surface area contributed by atoms with E-state index in [1.807, 2.05) is 22.9 Å². The van der Waals surface area contributed by atoms with Crippen LogP contribution in [0.4, 0.5) is 0 Å². The number of rotatable bonds is 4. The molecule has 1 aromatic carbocycles. The Hall–Kier alpha value is -1.75. The van der Waals surface area contributed by atoms with Gasteiger partial charge in [0.05, 0.1) is 6.54 Å². The Morgan fingerprint density at radius 3 is 2.60 bits per heavy atom. The molecule has 0 spiro atoms. The van der Waals surface area contributed by atoms with Crippen LogP contribution in [-0.4, -0.2) is 27.3 Å². The minimum absolute atomic E-state index is 0.309. The molecule has 1 heterocycles. The van der Waals surface area contributed by atoms with Gasteiger partial charge in [0, 0.05) is 7.11 Å². The minimum Gasteiger partial charge on any atom is -0.370 e. The lowest BCUT2D eigenvalue weighted by atomic mass is 9.84. The zero-order chi connectivity index (χ0) is 13.8. The number of ether oxygens (including phenoxy) is 1. The Morgan fingerprint density at radius 1 is 1.15 bits per heavy atom. The van der Waals surface area contributed by atoms with Gasteiger partial charge < -0.3 is 4.74 Å². The fraction of sp³-hybridized carbons (Fsp3) is 0.533. The van der Waals surface area contributed by atoms with E-state index in [1.165, 1.54) is 24.8 Å². The fourth-order valence-corrected chi connectivity index (χ4v) is 3.04. The Labute approximate surface area is 118 Å². The summed E-state index contributed by atoms with van der Waals surface area (Å²) >= 11 is 0. The zero-order valence-electron chi connectivity index (χ0n) is 11.8. The van der Waals surface area contributed by atoms with Gasteiger partial charge in [0.25, 0.3) is 0 Å². The molecule has 0 bridgehead atoms. The molecule has 5 heteroatoms. The molecule has 0 amide bonds. The highest BCUT2D eigenvalue weighted by Crippen LogP contribution is 2.38. The molecule has 3 rings (SSSR count). The van der Waals surface area contributed by atoms with E-state index in [0.717, 1.165) is 18.7 Å². The van der Waals surface area contributed by atoms with Crippen LogP contribution in [0.3, 0.4) is 0 Å². The predicted molar refractivity (Wildman–Crippen MR) is 75.1 cm³/mol. The van der Waals surface area contributed by atoms with E-state index in [-0.39, 0.29) is 5.60 Å². The Bertz CT molecular complexity index is 546. The van der Waals surface area contributed by atoms with Gasteiger partial charge in [0.2, 0.25) is 0 Å². The van der Waals surface area contributed by atoms with Crippen molar-refractivity contribution in [3.8, 4) is 0 Å². The number of nitrogens with zero attached hydrogens (tertiary/aromatic N) is 4. The number of hydrogen-bond donors (Lipinski definition) is 0. The molecule has 0 N–H and O–H groups in total. The van der Waals surface area contributed by atoms with Gasteiger partial charge in [0.1, 0.15) is 5.60 Å². The van der Waals surface area contributed by atoms with Gasteiger partial charge in [0.15, 0.2) is 5.82 Å². The lowest BCUT2D eigenvalue weighted by Gasteiger charge is -2.34. The van der Waals surface area contributed by atoms with Crippen LogP contribution in [-0.2, 0) is 16.9 Å². The van der Waals surface area contributed by atoms with E-state index in [9.17, 15) is 0 Å². The van der Waals surface area contributed by atoms with Crippen LogP contribution < -0.4 is 0 Å². The number of tetrazole rings is 1. The molecule has 0 aliphatic heterocycles. The minimum atomic E-state index is -0.309. The first-order valence-corrected chi connectivity index (χ1v) is 7.20. The molecule has 0 saturated heterocycles. The van der Waals surface area contributed by atoms with Gasteiger partial charge in [-0.3, -0.25) is 0 Å². The summed E-state index contributed by atoms with van der Waals surface area (Å²) < 4.78 is 7.72. The molecular weight excluding hydrogens is 252 g/mol. The van der Waals surface area contributed by atoms with Crippen LogP contribution in [0.15, 0.2) is 30.3 Å². The second-order valence-electron chi connectivity index (χ2n) is 5.40. The fourth-order valence-electron chi connectivity index (χ4n) is 3.04. The Balaban J connectivity index is 1.89. The lowest BCUT2D eigenvalue weighted by molar-refractivity contribution is -0.0545. The summed E-state index contributed by atoms with van der Waals surface area (Å²) in [6.07, 6.45) is 5.61. The number of benzene rings is 1. The molecule has 20 heavy (non-hydrogen) atoms. The van der Waals surface area contributed by atoms with Gasteiger partial charge in [-0.15, -0.1) is 5.10 Å². The second-order valence-corrected chi connectivity index (χ2v) is 5.40. The predicted octanol–water partition coefficient (Wildman–Crippen LogP) is 2.53. The highest BCUT2D eigenvalue weighted by molar-refractivity contribution is 5.15. The van der Waals surface area contributed by atoms with Crippen LogP contribution in [0.5, 0.6) is 0 Å². The average Bonchev–Trinajstić information content (AvgIpc) is 2.98. The van der Waals surface area contributed by atoms with Crippen molar-refractivity contribution in [1.82, 2.24) is 20.2 Å². The standard InChI is InChI=1S/C15H20N4O/c1-20-15(10-6-3-7-11-15)14-16-17-18-19(14)12-13-8-4-2-5-9-13/h2,4-5,8-9H,3,6-7,10-12H2,1H3. The van der Waals surface area contributed by atoms with Crippen molar-refractivity contribution in [3.63, 3.8) is 0 Å². The summed E-state index contributed by atoms with van der Waals surface area (Å²) in [6.45, 7) is 0.689. The van der Waals surface area contributed by atoms with E-state index in [4.69, 9.17) is 4.74 Å². The van der Waals surface area contributed by atoms with E-state index in [2.05, 4.69) is 27.7 Å². The number of methoxy groups -OCH3 is 1. The first-order valence-electron chi connectivity index (χ1n) is 7.20. The van der Waals surface area contributed by atoms with Crippen LogP contribution in [0, 0.1) is 0 Å². The summed E-state index contributed by atoms with van der Waals surface area (Å²) in [6, 6.07) is 10.3. The SMILES string of the molecule is COC1(c2nnnn2Cc2ccccc2)CCCCC1. The highest BCUT2D eigenvalue weighted by Gasteiger charge is 2.38. The molecule has 0 radical (unpaired) electrons. The van der Waals surface area contributed by atoms with E-state index in [0.29, 0.717) is 6.54 Å². The largest absolute Gasteiger partial charge is 0.370 e. The first kappa shape index (κ1) is 13.2. The summed E-state index contributed by atoms with van der Waals surface area (Å²) in [5.41, 5.74) is 0.888. The summed E-state index contributed by atoms with van der Waals surface area (Å²) in [7, 11) is 1.77. The maximum Gasteiger partial charge on any atom is 0.183 e. The van der Waals surface area contributed by atoms with Crippen molar-refractivity contribution in [2.24, 2.45) is 0 Å². The van der Waals surface area contributed by atoms with Crippen molar-refractivity contribution in [2.45, 2.75) is 44.2 Å². The topological polar surface area (TPSA) is 52.8 Å². The second kappa shape index (κ2) is 5.71. The molecule has 1 aliphatic carbocycles. The monoisotopic (exact) mass is 272 g/mol. The molecule has 1 fully saturated rings. The molecule has 0 unspecified atom stereocenters. The van der Waals surface area contributed by atoms with Gasteiger partial charge in [-0.05, 0) is 28.8 Å². The molecule has 1 aromatic heterocycles. The summed E-state index contributed by atoms with van der Waals surface area (Å²) in [4.78, 5) is 0. The average molecular weight is 272 g/mol. The highest BCUT2D eigenvalue weighted by atomic mass is 16.5. The zero-order valence-corrected chi connectivity index (χ0v) is 11.8. The normalized spacial score (nSPS) is 18.1. The molecule has 2 aromatic rings.